The van der Waals surface area contributed by atoms with Crippen LogP contribution >= 0.6 is 11.8 Å². The smallest absolute Gasteiger partial charge is 0.166 e. The van der Waals surface area contributed by atoms with Gasteiger partial charge in [0.25, 0.3) is 0 Å². The molecule has 0 aliphatic heterocycles. The summed E-state index contributed by atoms with van der Waals surface area (Å²) in [5, 5.41) is 10.7. The van der Waals surface area contributed by atoms with Crippen LogP contribution in [0.15, 0.2) is 47.6 Å². The second kappa shape index (κ2) is 5.61. The Morgan fingerprint density at radius 3 is 2.86 bits per heavy atom. The highest BCUT2D eigenvalue weighted by Gasteiger charge is 2.08. The minimum absolute atomic E-state index is 0.00927. The number of phenolic OH excluding ortho intramolecular Hbond substituents is 1. The number of nitrogens with one attached hydrogen (secondary N) is 1. The maximum absolute atomic E-state index is 11.4. The highest BCUT2D eigenvalue weighted by molar-refractivity contribution is 7.98. The Labute approximate surface area is 126 Å². The summed E-state index contributed by atoms with van der Waals surface area (Å²) < 4.78 is 0. The van der Waals surface area contributed by atoms with E-state index in [-0.39, 0.29) is 11.5 Å². The number of hydrogen-bond acceptors (Lipinski definition) is 4. The van der Waals surface area contributed by atoms with Crippen LogP contribution < -0.4 is 0 Å². The van der Waals surface area contributed by atoms with Crippen LogP contribution in [0.5, 0.6) is 5.75 Å². The van der Waals surface area contributed by atoms with Gasteiger partial charge < -0.3 is 10.1 Å². The van der Waals surface area contributed by atoms with Crippen molar-refractivity contribution < 1.29 is 9.90 Å². The number of hydrogen-bond donors (Lipinski definition) is 2. The SMILES string of the molecule is CC(=O)c1ccc(O)c(CSc2nc3ccccc3[nH]2)c1. The maximum Gasteiger partial charge on any atom is 0.166 e. The van der Waals surface area contributed by atoms with Crippen molar-refractivity contribution in [1.82, 2.24) is 9.97 Å². The van der Waals surface area contributed by atoms with Crippen molar-refractivity contribution in [3.63, 3.8) is 0 Å². The molecule has 0 spiro atoms. The number of aromatic hydroxyl groups is 1. The van der Waals surface area contributed by atoms with Crippen LogP contribution in [0.2, 0.25) is 0 Å². The second-order valence-corrected chi connectivity index (χ2v) is 5.71. The lowest BCUT2D eigenvalue weighted by molar-refractivity contribution is 0.101. The fourth-order valence-corrected chi connectivity index (χ4v) is 2.93. The van der Waals surface area contributed by atoms with Gasteiger partial charge in [-0.2, -0.15) is 0 Å². The number of carbonyl (C=O) groups excluding carboxylic acids is 1. The molecule has 0 atom stereocenters. The van der Waals surface area contributed by atoms with E-state index in [1.54, 1.807) is 18.2 Å². The summed E-state index contributed by atoms with van der Waals surface area (Å²) in [6.45, 7) is 1.52. The molecule has 0 unspecified atom stereocenters. The van der Waals surface area contributed by atoms with Gasteiger partial charge in [-0.05, 0) is 37.3 Å². The van der Waals surface area contributed by atoms with E-state index in [2.05, 4.69) is 9.97 Å². The number of para-hydroxylation sites is 2. The van der Waals surface area contributed by atoms with Crippen molar-refractivity contribution in [2.45, 2.75) is 17.8 Å². The molecule has 2 aromatic carbocycles. The first-order valence-corrected chi connectivity index (χ1v) is 7.52. The summed E-state index contributed by atoms with van der Waals surface area (Å²) in [5.74, 6) is 0.737. The molecule has 0 amide bonds. The summed E-state index contributed by atoms with van der Waals surface area (Å²) in [6, 6.07) is 12.7. The number of nitrogens with zero attached hydrogens (tertiary/aromatic N) is 1. The topological polar surface area (TPSA) is 66.0 Å². The van der Waals surface area contributed by atoms with E-state index in [0.29, 0.717) is 11.3 Å². The molecule has 106 valence electrons. The van der Waals surface area contributed by atoms with Crippen LogP contribution in [0.25, 0.3) is 11.0 Å². The van der Waals surface area contributed by atoms with Gasteiger partial charge in [0.2, 0.25) is 0 Å². The van der Waals surface area contributed by atoms with E-state index in [0.717, 1.165) is 21.8 Å². The molecule has 0 aliphatic carbocycles. The number of ketones is 1. The molecule has 5 heteroatoms. The van der Waals surface area contributed by atoms with Gasteiger partial charge in [0.15, 0.2) is 10.9 Å². The molecule has 0 radical (unpaired) electrons. The van der Waals surface area contributed by atoms with Crippen LogP contribution in [0.1, 0.15) is 22.8 Å². The molecule has 4 nitrogen and oxygen atoms in total. The molecule has 1 aromatic heterocycles. The van der Waals surface area contributed by atoms with Gasteiger partial charge in [-0.3, -0.25) is 4.79 Å². The predicted octanol–water partition coefficient (Wildman–Crippen LogP) is 3.76. The van der Waals surface area contributed by atoms with Gasteiger partial charge in [0.1, 0.15) is 5.75 Å². The van der Waals surface area contributed by atoms with E-state index in [1.165, 1.54) is 18.7 Å². The molecule has 0 fully saturated rings. The number of carbonyl (C=O) groups is 1. The number of thioether (sulfide) groups is 1. The first kappa shape index (κ1) is 13.7. The van der Waals surface area contributed by atoms with Crippen molar-refractivity contribution in [2.24, 2.45) is 0 Å². The number of phenols is 1. The highest BCUT2D eigenvalue weighted by atomic mass is 32.2. The average Bonchev–Trinajstić information content (AvgIpc) is 2.89. The summed E-state index contributed by atoms with van der Waals surface area (Å²) in [5.41, 5.74) is 3.24. The van der Waals surface area contributed by atoms with Gasteiger partial charge >= 0.3 is 0 Å². The molecule has 0 saturated heterocycles. The van der Waals surface area contributed by atoms with Crippen LogP contribution in [-0.4, -0.2) is 20.9 Å². The molecular weight excluding hydrogens is 284 g/mol. The Hall–Kier alpha value is -2.27. The van der Waals surface area contributed by atoms with Gasteiger partial charge in [0.05, 0.1) is 11.0 Å². The zero-order valence-corrected chi connectivity index (χ0v) is 12.3. The lowest BCUT2D eigenvalue weighted by atomic mass is 10.1. The zero-order chi connectivity index (χ0) is 14.8. The van der Waals surface area contributed by atoms with Crippen molar-refractivity contribution in [1.29, 1.82) is 0 Å². The van der Waals surface area contributed by atoms with Crippen molar-refractivity contribution in [3.8, 4) is 5.75 Å². The van der Waals surface area contributed by atoms with Crippen molar-refractivity contribution >= 4 is 28.6 Å². The monoisotopic (exact) mass is 298 g/mol. The predicted molar refractivity (Wildman–Crippen MR) is 83.8 cm³/mol. The van der Waals surface area contributed by atoms with Crippen molar-refractivity contribution in [3.05, 3.63) is 53.6 Å². The number of aromatic nitrogens is 2. The molecule has 0 aliphatic rings. The third-order valence-electron chi connectivity index (χ3n) is 3.22. The highest BCUT2D eigenvalue weighted by Crippen LogP contribution is 2.28. The van der Waals surface area contributed by atoms with Gasteiger partial charge in [-0.25, -0.2) is 4.98 Å². The molecule has 3 aromatic rings. The summed E-state index contributed by atoms with van der Waals surface area (Å²) in [7, 11) is 0. The van der Waals surface area contributed by atoms with Crippen LogP contribution in [0.3, 0.4) is 0 Å². The van der Waals surface area contributed by atoms with Crippen LogP contribution in [0.4, 0.5) is 0 Å². The molecule has 1 heterocycles. The fourth-order valence-electron chi connectivity index (χ4n) is 2.06. The zero-order valence-electron chi connectivity index (χ0n) is 11.5. The number of rotatable bonds is 4. The number of fused-ring (bicyclic) bond motifs is 1. The van der Waals surface area contributed by atoms with E-state index < -0.39 is 0 Å². The minimum Gasteiger partial charge on any atom is -0.508 e. The van der Waals surface area contributed by atoms with E-state index in [4.69, 9.17) is 0 Å². The van der Waals surface area contributed by atoms with Gasteiger partial charge in [-0.1, -0.05) is 23.9 Å². The summed E-state index contributed by atoms with van der Waals surface area (Å²) in [4.78, 5) is 19.1. The van der Waals surface area contributed by atoms with Gasteiger partial charge in [-0.15, -0.1) is 0 Å². The van der Waals surface area contributed by atoms with E-state index >= 15 is 0 Å². The number of Topliss-reactive ketones (excluding diaryl/α,β-unsaturated/α-hetero) is 1. The van der Waals surface area contributed by atoms with Gasteiger partial charge in [0, 0.05) is 16.9 Å². The first-order valence-electron chi connectivity index (χ1n) is 6.54. The van der Waals surface area contributed by atoms with E-state index in [1.807, 2.05) is 24.3 Å². The summed E-state index contributed by atoms with van der Waals surface area (Å²) >= 11 is 1.50. The normalized spacial score (nSPS) is 10.9. The molecule has 21 heavy (non-hydrogen) atoms. The van der Waals surface area contributed by atoms with Crippen LogP contribution in [0, 0.1) is 0 Å². The Kier molecular flexibility index (Phi) is 3.66. The quantitative estimate of drug-likeness (QED) is 0.568. The Balaban J connectivity index is 1.80. The fraction of sp³-hybridized carbons (Fsp3) is 0.125. The molecule has 3 rings (SSSR count). The largest absolute Gasteiger partial charge is 0.508 e. The lowest BCUT2D eigenvalue weighted by Crippen LogP contribution is -1.94. The maximum atomic E-state index is 11.4. The molecule has 0 saturated carbocycles. The number of aromatic amines is 1. The third-order valence-corrected chi connectivity index (χ3v) is 4.14. The van der Waals surface area contributed by atoms with E-state index in [9.17, 15) is 9.90 Å². The third kappa shape index (κ3) is 2.92. The molecule has 2 N–H and O–H groups in total. The van der Waals surface area contributed by atoms with Crippen molar-refractivity contribution in [2.75, 3.05) is 0 Å². The molecular formula is C16H14N2O2S. The molecule has 0 bridgehead atoms. The standard InChI is InChI=1S/C16H14N2O2S/c1-10(19)11-6-7-15(20)12(8-11)9-21-16-17-13-4-2-3-5-14(13)18-16/h2-8,20H,9H2,1H3,(H,17,18). The number of imidazole rings is 1. The lowest BCUT2D eigenvalue weighted by Gasteiger charge is -2.05. The Bertz CT molecular complexity index is 778. The number of H-pyrrole nitrogens is 1. The second-order valence-electron chi connectivity index (χ2n) is 4.75. The van der Waals surface area contributed by atoms with Crippen LogP contribution in [-0.2, 0) is 5.75 Å². The number of benzene rings is 2. The average molecular weight is 298 g/mol. The summed E-state index contributed by atoms with van der Waals surface area (Å²) in [6.07, 6.45) is 0. The Morgan fingerprint density at radius 1 is 1.29 bits per heavy atom. The first-order chi connectivity index (χ1) is 10.1. The Morgan fingerprint density at radius 2 is 2.10 bits per heavy atom. The minimum atomic E-state index is -0.00927.